The van der Waals surface area contributed by atoms with Crippen LogP contribution in [-0.2, 0) is 4.79 Å². The van der Waals surface area contributed by atoms with Crippen LogP contribution in [0.4, 0.5) is 0 Å². The van der Waals surface area contributed by atoms with Crippen LogP contribution in [0.3, 0.4) is 0 Å². The van der Waals surface area contributed by atoms with Gasteiger partial charge in [-0.3, -0.25) is 4.79 Å². The summed E-state index contributed by atoms with van der Waals surface area (Å²) in [6, 6.07) is 0. The predicted octanol–water partition coefficient (Wildman–Crippen LogP) is 0.381. The molecule has 0 spiro atoms. The maximum atomic E-state index is 11.6. The zero-order valence-electron chi connectivity index (χ0n) is 8.44. The number of carbonyl (C=O) groups excluding carboxylic acids is 1. The van der Waals surface area contributed by atoms with Crippen molar-refractivity contribution in [3.8, 4) is 0 Å². The van der Waals surface area contributed by atoms with Crippen LogP contribution in [0.2, 0.25) is 0 Å². The monoisotopic (exact) mass is 199 g/mol. The number of hydrogen-bond donors (Lipinski definition) is 2. The van der Waals surface area contributed by atoms with Crippen molar-refractivity contribution >= 4 is 11.7 Å². The van der Waals surface area contributed by atoms with Crippen molar-refractivity contribution in [2.24, 2.45) is 16.8 Å². The molecule has 0 aliphatic heterocycles. The summed E-state index contributed by atoms with van der Waals surface area (Å²) < 4.78 is 0. The van der Waals surface area contributed by atoms with Gasteiger partial charge in [0.05, 0.1) is 0 Å². The van der Waals surface area contributed by atoms with Crippen LogP contribution in [0, 0.1) is 5.92 Å². The van der Waals surface area contributed by atoms with E-state index in [0.29, 0.717) is 19.5 Å². The van der Waals surface area contributed by atoms with E-state index < -0.39 is 0 Å². The van der Waals surface area contributed by atoms with Crippen molar-refractivity contribution in [1.29, 1.82) is 0 Å². The fraction of sp³-hybridized carbons (Fsp3) is 0.778. The van der Waals surface area contributed by atoms with Gasteiger partial charge in [0.25, 0.3) is 0 Å². The van der Waals surface area contributed by atoms with Gasteiger partial charge in [0.1, 0.15) is 5.84 Å². The molecule has 5 heteroatoms. The van der Waals surface area contributed by atoms with Crippen molar-refractivity contribution in [2.75, 3.05) is 13.1 Å². The minimum Gasteiger partial charge on any atom is -0.409 e. The summed E-state index contributed by atoms with van der Waals surface area (Å²) in [6.07, 6.45) is 2.46. The SMILES string of the molecule is CCN(CCC(N)=NO)C(=O)C1CC1. The fourth-order valence-corrected chi connectivity index (χ4v) is 1.31. The molecule has 1 aliphatic carbocycles. The normalized spacial score (nSPS) is 16.8. The van der Waals surface area contributed by atoms with E-state index in [2.05, 4.69) is 5.16 Å². The Hall–Kier alpha value is -1.26. The molecule has 3 N–H and O–H groups in total. The lowest BCUT2D eigenvalue weighted by molar-refractivity contribution is -0.132. The van der Waals surface area contributed by atoms with E-state index in [1.54, 1.807) is 4.90 Å². The standard InChI is InChI=1S/C9H17N3O2/c1-2-12(6-5-8(10)11-14)9(13)7-3-4-7/h7,14H,2-6H2,1H3,(H2,10,11). The van der Waals surface area contributed by atoms with E-state index in [4.69, 9.17) is 10.9 Å². The van der Waals surface area contributed by atoms with Crippen LogP contribution in [0.25, 0.3) is 0 Å². The van der Waals surface area contributed by atoms with E-state index in [9.17, 15) is 4.79 Å². The highest BCUT2D eigenvalue weighted by molar-refractivity contribution is 5.83. The van der Waals surface area contributed by atoms with Gasteiger partial charge >= 0.3 is 0 Å². The van der Waals surface area contributed by atoms with Crippen LogP contribution in [-0.4, -0.2) is 34.9 Å². The molecule has 1 aliphatic rings. The number of oxime groups is 1. The number of amidine groups is 1. The van der Waals surface area contributed by atoms with Crippen LogP contribution in [0.5, 0.6) is 0 Å². The largest absolute Gasteiger partial charge is 0.409 e. The first kappa shape index (κ1) is 10.8. The van der Waals surface area contributed by atoms with E-state index in [0.717, 1.165) is 12.8 Å². The summed E-state index contributed by atoms with van der Waals surface area (Å²) in [5.74, 6) is 0.618. The number of rotatable bonds is 5. The first-order chi connectivity index (χ1) is 6.69. The summed E-state index contributed by atoms with van der Waals surface area (Å²) >= 11 is 0. The number of nitrogens with zero attached hydrogens (tertiary/aromatic N) is 2. The zero-order valence-corrected chi connectivity index (χ0v) is 8.44. The average molecular weight is 199 g/mol. The Labute approximate surface area is 83.6 Å². The second kappa shape index (κ2) is 4.83. The smallest absolute Gasteiger partial charge is 0.225 e. The molecule has 0 unspecified atom stereocenters. The highest BCUT2D eigenvalue weighted by Crippen LogP contribution is 2.30. The molecule has 1 amide bonds. The van der Waals surface area contributed by atoms with Gasteiger partial charge in [0, 0.05) is 25.4 Å². The Morgan fingerprint density at radius 2 is 2.29 bits per heavy atom. The number of hydrogen-bond acceptors (Lipinski definition) is 3. The lowest BCUT2D eigenvalue weighted by Gasteiger charge is -2.20. The van der Waals surface area contributed by atoms with Crippen molar-refractivity contribution in [1.82, 2.24) is 4.90 Å². The minimum absolute atomic E-state index is 0.173. The highest BCUT2D eigenvalue weighted by atomic mass is 16.4. The van der Waals surface area contributed by atoms with E-state index in [1.165, 1.54) is 0 Å². The Bertz CT molecular complexity index is 236. The lowest BCUT2D eigenvalue weighted by atomic mass is 10.3. The first-order valence-corrected chi connectivity index (χ1v) is 4.94. The Balaban J connectivity index is 2.34. The molecule has 0 radical (unpaired) electrons. The summed E-state index contributed by atoms with van der Waals surface area (Å²) in [6.45, 7) is 3.17. The summed E-state index contributed by atoms with van der Waals surface area (Å²) in [7, 11) is 0. The number of carbonyl (C=O) groups is 1. The fourth-order valence-electron chi connectivity index (χ4n) is 1.31. The first-order valence-electron chi connectivity index (χ1n) is 4.94. The van der Waals surface area contributed by atoms with Gasteiger partial charge in [-0.05, 0) is 19.8 Å². The Morgan fingerprint density at radius 3 is 2.71 bits per heavy atom. The Morgan fingerprint density at radius 1 is 1.64 bits per heavy atom. The third kappa shape index (κ3) is 2.90. The van der Waals surface area contributed by atoms with Crippen molar-refractivity contribution in [2.45, 2.75) is 26.2 Å². The maximum absolute atomic E-state index is 11.6. The molecule has 0 atom stereocenters. The Kier molecular flexibility index (Phi) is 3.73. The molecule has 14 heavy (non-hydrogen) atoms. The molecule has 0 bridgehead atoms. The van der Waals surface area contributed by atoms with Crippen LogP contribution in [0.1, 0.15) is 26.2 Å². The van der Waals surface area contributed by atoms with Gasteiger partial charge in [-0.25, -0.2) is 0 Å². The topological polar surface area (TPSA) is 78.9 Å². The molecule has 0 saturated heterocycles. The number of nitrogens with two attached hydrogens (primary N) is 1. The summed E-state index contributed by atoms with van der Waals surface area (Å²) in [5, 5.41) is 11.2. The van der Waals surface area contributed by atoms with E-state index in [-0.39, 0.29) is 17.7 Å². The van der Waals surface area contributed by atoms with Crippen molar-refractivity contribution < 1.29 is 10.0 Å². The quantitative estimate of drug-likeness (QED) is 0.291. The van der Waals surface area contributed by atoms with Gasteiger partial charge in [-0.1, -0.05) is 5.16 Å². The average Bonchev–Trinajstić information content (AvgIpc) is 3.01. The molecule has 80 valence electrons. The third-order valence-corrected chi connectivity index (χ3v) is 2.39. The number of amides is 1. The van der Waals surface area contributed by atoms with E-state index >= 15 is 0 Å². The predicted molar refractivity (Wildman–Crippen MR) is 53.0 cm³/mol. The summed E-state index contributed by atoms with van der Waals surface area (Å²) in [5.41, 5.74) is 5.33. The van der Waals surface area contributed by atoms with Crippen LogP contribution >= 0.6 is 0 Å². The van der Waals surface area contributed by atoms with Gasteiger partial charge in [0.2, 0.25) is 5.91 Å². The van der Waals surface area contributed by atoms with Crippen LogP contribution in [0.15, 0.2) is 5.16 Å². The van der Waals surface area contributed by atoms with Crippen molar-refractivity contribution in [3.63, 3.8) is 0 Å². The third-order valence-electron chi connectivity index (χ3n) is 2.39. The molecule has 5 nitrogen and oxygen atoms in total. The van der Waals surface area contributed by atoms with Gasteiger partial charge in [0.15, 0.2) is 0 Å². The second-order valence-electron chi connectivity index (χ2n) is 3.53. The van der Waals surface area contributed by atoms with Crippen molar-refractivity contribution in [3.05, 3.63) is 0 Å². The van der Waals surface area contributed by atoms with Gasteiger partial charge in [-0.2, -0.15) is 0 Å². The van der Waals surface area contributed by atoms with Gasteiger partial charge < -0.3 is 15.8 Å². The zero-order chi connectivity index (χ0) is 10.6. The molecule has 1 saturated carbocycles. The summed E-state index contributed by atoms with van der Waals surface area (Å²) in [4.78, 5) is 13.4. The van der Waals surface area contributed by atoms with E-state index in [1.807, 2.05) is 6.92 Å². The highest BCUT2D eigenvalue weighted by Gasteiger charge is 2.32. The lowest BCUT2D eigenvalue weighted by Crippen LogP contribution is -2.34. The second-order valence-corrected chi connectivity index (χ2v) is 3.53. The minimum atomic E-state index is 0.173. The molecule has 0 aromatic heterocycles. The molecule has 1 rings (SSSR count). The molecule has 0 heterocycles. The molecular formula is C9H17N3O2. The molecule has 0 aromatic rings. The maximum Gasteiger partial charge on any atom is 0.225 e. The van der Waals surface area contributed by atoms with Gasteiger partial charge in [-0.15, -0.1) is 0 Å². The molecular weight excluding hydrogens is 182 g/mol. The molecule has 0 aromatic carbocycles. The van der Waals surface area contributed by atoms with Crippen LogP contribution < -0.4 is 5.73 Å². The molecule has 1 fully saturated rings.